The number of benzene rings is 2. The van der Waals surface area contributed by atoms with Gasteiger partial charge in [-0.25, -0.2) is 4.98 Å². The Morgan fingerprint density at radius 1 is 1.23 bits per heavy atom. The molecule has 2 aromatic carbocycles. The van der Waals surface area contributed by atoms with Gasteiger partial charge in [-0.2, -0.15) is 0 Å². The van der Waals surface area contributed by atoms with Crippen molar-refractivity contribution in [1.29, 1.82) is 0 Å². The quantitative estimate of drug-likeness (QED) is 0.751. The van der Waals surface area contributed by atoms with E-state index in [-0.39, 0.29) is 11.8 Å². The molecule has 0 radical (unpaired) electrons. The molecular weight excluding hydrogens is 300 g/mol. The van der Waals surface area contributed by atoms with Gasteiger partial charge in [-0.15, -0.1) is 0 Å². The van der Waals surface area contributed by atoms with E-state index in [1.807, 2.05) is 19.9 Å². The van der Waals surface area contributed by atoms with Gasteiger partial charge in [0, 0.05) is 28.3 Å². The van der Waals surface area contributed by atoms with Crippen LogP contribution in [0.4, 0.5) is 5.69 Å². The first-order valence-corrected chi connectivity index (χ1v) is 7.38. The van der Waals surface area contributed by atoms with E-state index in [1.165, 1.54) is 0 Å². The lowest BCUT2D eigenvalue weighted by molar-refractivity contribution is 0.102. The minimum absolute atomic E-state index is 0.217. The monoisotopic (exact) mass is 314 g/mol. The Morgan fingerprint density at radius 3 is 2.77 bits per heavy atom. The van der Waals surface area contributed by atoms with E-state index in [9.17, 15) is 4.79 Å². The number of nitrogens with zero attached hydrogens (tertiary/aromatic N) is 1. The normalized spacial score (nSPS) is 11.1. The molecule has 0 atom stereocenters. The molecule has 0 aliphatic carbocycles. The second kappa shape index (κ2) is 5.81. The zero-order valence-corrected chi connectivity index (χ0v) is 13.0. The minimum Gasteiger partial charge on any atom is -0.440 e. The fraction of sp³-hybridized carbons (Fsp3) is 0.176. The van der Waals surface area contributed by atoms with Gasteiger partial charge in [-0.05, 0) is 30.3 Å². The van der Waals surface area contributed by atoms with E-state index in [1.54, 1.807) is 36.4 Å². The van der Waals surface area contributed by atoms with Crippen LogP contribution in [-0.2, 0) is 0 Å². The third-order valence-electron chi connectivity index (χ3n) is 3.24. The fourth-order valence-corrected chi connectivity index (χ4v) is 2.29. The predicted octanol–water partition coefficient (Wildman–Crippen LogP) is 4.86. The number of oxazole rings is 1. The Labute approximate surface area is 133 Å². The number of fused-ring (bicyclic) bond motifs is 1. The maximum Gasteiger partial charge on any atom is 0.255 e. The molecule has 0 fully saturated rings. The average molecular weight is 315 g/mol. The lowest BCUT2D eigenvalue weighted by Crippen LogP contribution is -2.11. The van der Waals surface area contributed by atoms with Gasteiger partial charge >= 0.3 is 0 Å². The van der Waals surface area contributed by atoms with Crippen molar-refractivity contribution in [2.24, 2.45) is 0 Å². The molecule has 1 heterocycles. The lowest BCUT2D eigenvalue weighted by Gasteiger charge is -2.05. The number of hydrogen-bond donors (Lipinski definition) is 1. The van der Waals surface area contributed by atoms with Crippen LogP contribution in [0.1, 0.15) is 36.0 Å². The molecule has 0 aliphatic rings. The van der Waals surface area contributed by atoms with Crippen molar-refractivity contribution in [1.82, 2.24) is 4.98 Å². The molecule has 112 valence electrons. The summed E-state index contributed by atoms with van der Waals surface area (Å²) in [6.07, 6.45) is 0. The third kappa shape index (κ3) is 2.97. The van der Waals surface area contributed by atoms with E-state index < -0.39 is 0 Å². The third-order valence-corrected chi connectivity index (χ3v) is 3.48. The SMILES string of the molecule is CC(C)c1nc2ccc(NC(=O)c3cccc(Cl)c3)cc2o1. The Hall–Kier alpha value is -2.33. The molecule has 1 aromatic heterocycles. The fourth-order valence-electron chi connectivity index (χ4n) is 2.10. The molecule has 3 rings (SSSR count). The van der Waals surface area contributed by atoms with Crippen LogP contribution >= 0.6 is 11.6 Å². The van der Waals surface area contributed by atoms with Crippen molar-refractivity contribution < 1.29 is 9.21 Å². The first-order valence-electron chi connectivity index (χ1n) is 7.00. The van der Waals surface area contributed by atoms with Gasteiger partial charge in [0.1, 0.15) is 5.52 Å². The van der Waals surface area contributed by atoms with Gasteiger partial charge in [0.2, 0.25) is 0 Å². The summed E-state index contributed by atoms with van der Waals surface area (Å²) in [4.78, 5) is 16.6. The Kier molecular flexibility index (Phi) is 3.86. The van der Waals surface area contributed by atoms with Gasteiger partial charge in [0.25, 0.3) is 5.91 Å². The van der Waals surface area contributed by atoms with E-state index in [4.69, 9.17) is 16.0 Å². The minimum atomic E-state index is -0.217. The number of amides is 1. The topological polar surface area (TPSA) is 55.1 Å². The van der Waals surface area contributed by atoms with Gasteiger partial charge in [-0.3, -0.25) is 4.79 Å². The maximum atomic E-state index is 12.2. The summed E-state index contributed by atoms with van der Waals surface area (Å²) in [5.41, 5.74) is 2.61. The first-order chi connectivity index (χ1) is 10.5. The molecule has 5 heteroatoms. The molecule has 22 heavy (non-hydrogen) atoms. The number of carbonyl (C=O) groups is 1. The van der Waals surface area contributed by atoms with Crippen LogP contribution in [0.2, 0.25) is 5.02 Å². The van der Waals surface area contributed by atoms with Crippen LogP contribution in [0.3, 0.4) is 0 Å². The number of halogens is 1. The zero-order chi connectivity index (χ0) is 15.7. The molecular formula is C17H15ClN2O2. The van der Waals surface area contributed by atoms with Crippen LogP contribution in [0.15, 0.2) is 46.9 Å². The smallest absolute Gasteiger partial charge is 0.255 e. The van der Waals surface area contributed by atoms with Crippen molar-refractivity contribution in [2.75, 3.05) is 5.32 Å². The zero-order valence-electron chi connectivity index (χ0n) is 12.3. The van der Waals surface area contributed by atoms with Crippen molar-refractivity contribution in [3.05, 3.63) is 58.9 Å². The Bertz CT molecular complexity index is 840. The lowest BCUT2D eigenvalue weighted by atomic mass is 10.2. The number of carbonyl (C=O) groups excluding carboxylic acids is 1. The largest absolute Gasteiger partial charge is 0.440 e. The van der Waals surface area contributed by atoms with Gasteiger partial charge < -0.3 is 9.73 Å². The average Bonchev–Trinajstić information content (AvgIpc) is 2.90. The highest BCUT2D eigenvalue weighted by Gasteiger charge is 2.11. The molecule has 3 aromatic rings. The van der Waals surface area contributed by atoms with Crippen molar-refractivity contribution in [3.8, 4) is 0 Å². The standard InChI is InChI=1S/C17H15ClN2O2/c1-10(2)17-20-14-7-6-13(9-15(14)22-17)19-16(21)11-4-3-5-12(18)8-11/h3-10H,1-2H3,(H,19,21). The molecule has 0 bridgehead atoms. The summed E-state index contributed by atoms with van der Waals surface area (Å²) in [5.74, 6) is 0.690. The van der Waals surface area contributed by atoms with E-state index >= 15 is 0 Å². The summed E-state index contributed by atoms with van der Waals surface area (Å²) in [7, 11) is 0. The van der Waals surface area contributed by atoms with Crippen LogP contribution in [-0.4, -0.2) is 10.9 Å². The molecule has 4 nitrogen and oxygen atoms in total. The second-order valence-electron chi connectivity index (χ2n) is 5.35. The number of anilines is 1. The number of rotatable bonds is 3. The number of aromatic nitrogens is 1. The molecule has 0 aliphatic heterocycles. The van der Waals surface area contributed by atoms with E-state index in [0.29, 0.717) is 27.7 Å². The highest BCUT2D eigenvalue weighted by molar-refractivity contribution is 6.31. The molecule has 1 amide bonds. The van der Waals surface area contributed by atoms with Gasteiger partial charge in [0.15, 0.2) is 11.5 Å². The van der Waals surface area contributed by atoms with E-state index in [2.05, 4.69) is 10.3 Å². The summed E-state index contributed by atoms with van der Waals surface area (Å²) < 4.78 is 5.69. The Balaban J connectivity index is 1.86. The summed E-state index contributed by atoms with van der Waals surface area (Å²) in [6.45, 7) is 4.04. The number of hydrogen-bond acceptors (Lipinski definition) is 3. The second-order valence-corrected chi connectivity index (χ2v) is 5.79. The summed E-state index contributed by atoms with van der Waals surface area (Å²) >= 11 is 5.90. The molecule has 0 saturated carbocycles. The summed E-state index contributed by atoms with van der Waals surface area (Å²) in [5, 5.41) is 3.36. The summed E-state index contributed by atoms with van der Waals surface area (Å²) in [6, 6.07) is 12.2. The van der Waals surface area contributed by atoms with Crippen LogP contribution < -0.4 is 5.32 Å². The molecule has 0 unspecified atom stereocenters. The molecule has 0 saturated heterocycles. The van der Waals surface area contributed by atoms with Crippen LogP contribution in [0.5, 0.6) is 0 Å². The highest BCUT2D eigenvalue weighted by atomic mass is 35.5. The maximum absolute atomic E-state index is 12.2. The number of nitrogens with one attached hydrogen (secondary N) is 1. The van der Waals surface area contributed by atoms with E-state index in [0.717, 1.165) is 5.52 Å². The van der Waals surface area contributed by atoms with Crippen molar-refractivity contribution >= 4 is 34.3 Å². The predicted molar refractivity (Wildman–Crippen MR) is 87.5 cm³/mol. The van der Waals surface area contributed by atoms with Crippen LogP contribution in [0.25, 0.3) is 11.1 Å². The van der Waals surface area contributed by atoms with Gasteiger partial charge in [-0.1, -0.05) is 31.5 Å². The van der Waals surface area contributed by atoms with Crippen LogP contribution in [0, 0.1) is 0 Å². The molecule has 1 N–H and O–H groups in total. The van der Waals surface area contributed by atoms with Gasteiger partial charge in [0.05, 0.1) is 0 Å². The first kappa shape index (κ1) is 14.6. The molecule has 0 spiro atoms. The van der Waals surface area contributed by atoms with Crippen molar-refractivity contribution in [2.45, 2.75) is 19.8 Å². The van der Waals surface area contributed by atoms with Crippen molar-refractivity contribution in [3.63, 3.8) is 0 Å². The highest BCUT2D eigenvalue weighted by Crippen LogP contribution is 2.24. The Morgan fingerprint density at radius 2 is 2.05 bits per heavy atom.